The number of hydrogen-bond donors (Lipinski definition) is 1. The van der Waals surface area contributed by atoms with Gasteiger partial charge in [-0.25, -0.2) is 8.78 Å². The molecule has 0 atom stereocenters. The molecule has 0 saturated heterocycles. The molecule has 2 rings (SSSR count). The first-order valence-corrected chi connectivity index (χ1v) is 6.54. The van der Waals surface area contributed by atoms with Crippen molar-refractivity contribution < 1.29 is 8.78 Å². The predicted octanol–water partition coefficient (Wildman–Crippen LogP) is 4.49. The zero-order valence-electron chi connectivity index (χ0n) is 9.29. The molecule has 0 aliphatic heterocycles. The molecule has 2 aromatic carbocycles. The van der Waals surface area contributed by atoms with Gasteiger partial charge in [0.15, 0.2) is 11.6 Å². The van der Waals surface area contributed by atoms with Gasteiger partial charge in [-0.2, -0.15) is 0 Å². The summed E-state index contributed by atoms with van der Waals surface area (Å²) in [5.41, 5.74) is 6.84. The second-order valence-electron chi connectivity index (χ2n) is 3.72. The van der Waals surface area contributed by atoms with Crippen molar-refractivity contribution in [2.45, 2.75) is 10.6 Å². The smallest absolute Gasteiger partial charge is 0.159 e. The minimum absolute atomic E-state index is 0.491. The molecule has 1 nitrogen and oxygen atoms in total. The largest absolute Gasteiger partial charge is 0.398 e. The van der Waals surface area contributed by atoms with E-state index >= 15 is 0 Å². The average Bonchev–Trinajstić information content (AvgIpc) is 2.35. The summed E-state index contributed by atoms with van der Waals surface area (Å²) in [5, 5.41) is 0.491. The van der Waals surface area contributed by atoms with Crippen molar-refractivity contribution in [3.63, 3.8) is 0 Å². The molecule has 0 heterocycles. The van der Waals surface area contributed by atoms with Crippen molar-refractivity contribution in [3.8, 4) is 0 Å². The third-order valence-corrected chi connectivity index (χ3v) is 3.75. The third-order valence-electron chi connectivity index (χ3n) is 2.36. The quantitative estimate of drug-likeness (QED) is 0.664. The van der Waals surface area contributed by atoms with Gasteiger partial charge in [0.2, 0.25) is 0 Å². The van der Waals surface area contributed by atoms with Crippen molar-refractivity contribution in [2.75, 3.05) is 5.73 Å². The van der Waals surface area contributed by atoms with E-state index in [0.717, 1.165) is 11.0 Å². The lowest BCUT2D eigenvalue weighted by Gasteiger charge is -2.04. The van der Waals surface area contributed by atoms with Gasteiger partial charge in [0.1, 0.15) is 0 Å². The number of rotatable bonds is 3. The highest BCUT2D eigenvalue weighted by molar-refractivity contribution is 7.98. The van der Waals surface area contributed by atoms with Crippen LogP contribution >= 0.6 is 23.4 Å². The Kier molecular flexibility index (Phi) is 4.09. The summed E-state index contributed by atoms with van der Waals surface area (Å²) in [5.74, 6) is -1.13. The second kappa shape index (κ2) is 5.59. The normalized spacial score (nSPS) is 10.6. The monoisotopic (exact) mass is 285 g/mol. The van der Waals surface area contributed by atoms with Crippen LogP contribution in [0.1, 0.15) is 5.56 Å². The van der Waals surface area contributed by atoms with E-state index in [1.165, 1.54) is 17.8 Å². The molecule has 0 aromatic heterocycles. The average molecular weight is 286 g/mol. The first kappa shape index (κ1) is 13.2. The molecule has 0 saturated carbocycles. The van der Waals surface area contributed by atoms with Gasteiger partial charge in [0, 0.05) is 10.6 Å². The zero-order valence-corrected chi connectivity index (χ0v) is 10.9. The van der Waals surface area contributed by atoms with Crippen LogP contribution in [0.15, 0.2) is 41.3 Å². The lowest BCUT2D eigenvalue weighted by molar-refractivity contribution is 0.507. The van der Waals surface area contributed by atoms with Crippen LogP contribution < -0.4 is 5.73 Å². The number of anilines is 1. The van der Waals surface area contributed by atoms with Crippen LogP contribution in [-0.4, -0.2) is 0 Å². The standard InChI is InChI=1S/C13H10ClF2NS/c14-10-6-9(2-4-13(10)17)18-7-8-1-3-11(15)12(16)5-8/h1-6H,7,17H2. The van der Waals surface area contributed by atoms with E-state index in [9.17, 15) is 8.78 Å². The first-order valence-electron chi connectivity index (χ1n) is 5.18. The minimum atomic E-state index is -0.834. The van der Waals surface area contributed by atoms with E-state index in [0.29, 0.717) is 22.0 Å². The summed E-state index contributed by atoms with van der Waals surface area (Å²) < 4.78 is 25.7. The Bertz CT molecular complexity index is 523. The Morgan fingerprint density at radius 1 is 1.06 bits per heavy atom. The molecule has 0 aliphatic carbocycles. The van der Waals surface area contributed by atoms with E-state index in [1.54, 1.807) is 18.2 Å². The summed E-state index contributed by atoms with van der Waals surface area (Å²) in [4.78, 5) is 0.930. The van der Waals surface area contributed by atoms with Crippen molar-refractivity contribution >= 4 is 29.1 Å². The fourth-order valence-electron chi connectivity index (χ4n) is 1.39. The van der Waals surface area contributed by atoms with Crippen LogP contribution in [0.25, 0.3) is 0 Å². The van der Waals surface area contributed by atoms with Gasteiger partial charge in [-0.05, 0) is 35.9 Å². The van der Waals surface area contributed by atoms with E-state index in [-0.39, 0.29) is 0 Å². The second-order valence-corrected chi connectivity index (χ2v) is 5.18. The number of nitrogens with two attached hydrogens (primary N) is 1. The van der Waals surface area contributed by atoms with E-state index < -0.39 is 11.6 Å². The zero-order chi connectivity index (χ0) is 13.1. The maximum Gasteiger partial charge on any atom is 0.159 e. The van der Waals surface area contributed by atoms with E-state index in [2.05, 4.69) is 0 Å². The number of hydrogen-bond acceptors (Lipinski definition) is 2. The molecule has 0 bridgehead atoms. The van der Waals surface area contributed by atoms with Crippen LogP contribution in [0, 0.1) is 11.6 Å². The van der Waals surface area contributed by atoms with Gasteiger partial charge in [-0.15, -0.1) is 11.8 Å². The number of thioether (sulfide) groups is 1. The SMILES string of the molecule is Nc1ccc(SCc2ccc(F)c(F)c2)cc1Cl. The van der Waals surface area contributed by atoms with Crippen LogP contribution in [0.5, 0.6) is 0 Å². The van der Waals surface area contributed by atoms with Crippen LogP contribution in [-0.2, 0) is 5.75 Å². The predicted molar refractivity (Wildman–Crippen MR) is 71.8 cm³/mol. The molecule has 0 amide bonds. The molecule has 5 heteroatoms. The topological polar surface area (TPSA) is 26.0 Å². The van der Waals surface area contributed by atoms with Crippen molar-refractivity contribution in [3.05, 3.63) is 58.6 Å². The van der Waals surface area contributed by atoms with Crippen LogP contribution in [0.4, 0.5) is 14.5 Å². The lowest BCUT2D eigenvalue weighted by Crippen LogP contribution is -1.88. The highest BCUT2D eigenvalue weighted by Crippen LogP contribution is 2.28. The minimum Gasteiger partial charge on any atom is -0.398 e. The van der Waals surface area contributed by atoms with E-state index in [4.69, 9.17) is 17.3 Å². The summed E-state index contributed by atoms with van der Waals surface area (Å²) in [6.07, 6.45) is 0. The highest BCUT2D eigenvalue weighted by Gasteiger charge is 2.04. The van der Waals surface area contributed by atoms with Crippen molar-refractivity contribution in [2.24, 2.45) is 0 Å². The summed E-state index contributed by atoms with van der Waals surface area (Å²) >= 11 is 7.38. The van der Waals surface area contributed by atoms with Crippen molar-refractivity contribution in [1.29, 1.82) is 0 Å². The Balaban J connectivity index is 2.06. The van der Waals surface area contributed by atoms with Crippen LogP contribution in [0.3, 0.4) is 0 Å². The first-order chi connectivity index (χ1) is 8.56. The fourth-order valence-corrected chi connectivity index (χ4v) is 2.52. The third kappa shape index (κ3) is 3.15. The molecule has 2 aromatic rings. The maximum absolute atomic E-state index is 13.0. The molecule has 0 spiro atoms. The molecule has 0 fully saturated rings. The molecule has 94 valence electrons. The molecule has 2 N–H and O–H groups in total. The molecular formula is C13H10ClF2NS. The summed E-state index contributed by atoms with van der Waals surface area (Å²) in [7, 11) is 0. The Morgan fingerprint density at radius 3 is 2.50 bits per heavy atom. The molecule has 18 heavy (non-hydrogen) atoms. The van der Waals surface area contributed by atoms with E-state index in [1.807, 2.05) is 6.07 Å². The highest BCUT2D eigenvalue weighted by atomic mass is 35.5. The fraction of sp³-hybridized carbons (Fsp3) is 0.0769. The molecule has 0 aliphatic rings. The van der Waals surface area contributed by atoms with Crippen molar-refractivity contribution in [1.82, 2.24) is 0 Å². The maximum atomic E-state index is 13.0. The summed E-state index contributed by atoms with van der Waals surface area (Å²) in [6, 6.07) is 9.19. The summed E-state index contributed by atoms with van der Waals surface area (Å²) in [6.45, 7) is 0. The Labute approximate surface area is 113 Å². The number of halogens is 3. The van der Waals surface area contributed by atoms with Gasteiger partial charge in [0.25, 0.3) is 0 Å². The molecule has 0 unspecified atom stereocenters. The van der Waals surface area contributed by atoms with Gasteiger partial charge in [-0.1, -0.05) is 17.7 Å². The lowest BCUT2D eigenvalue weighted by atomic mass is 10.2. The van der Waals surface area contributed by atoms with Crippen LogP contribution in [0.2, 0.25) is 5.02 Å². The van der Waals surface area contributed by atoms with Gasteiger partial charge >= 0.3 is 0 Å². The Hall–Kier alpha value is -1.26. The number of nitrogen functional groups attached to an aromatic ring is 1. The van der Waals surface area contributed by atoms with Gasteiger partial charge < -0.3 is 5.73 Å². The molecule has 0 radical (unpaired) electrons. The molecular weight excluding hydrogens is 276 g/mol. The Morgan fingerprint density at radius 2 is 1.83 bits per heavy atom. The number of benzene rings is 2. The van der Waals surface area contributed by atoms with Gasteiger partial charge in [0.05, 0.1) is 10.7 Å². The van der Waals surface area contributed by atoms with Gasteiger partial charge in [-0.3, -0.25) is 0 Å².